The SMILES string of the molecule is Cl.O=C(O)CCCN(Cc1ccccc1)Cc1ccccc1. The Morgan fingerprint density at radius 1 is 0.864 bits per heavy atom. The van der Waals surface area contributed by atoms with Crippen molar-refractivity contribution in [1.82, 2.24) is 4.90 Å². The van der Waals surface area contributed by atoms with Gasteiger partial charge in [0, 0.05) is 19.5 Å². The molecule has 0 saturated heterocycles. The van der Waals surface area contributed by atoms with E-state index in [0.29, 0.717) is 6.42 Å². The molecule has 0 fully saturated rings. The van der Waals surface area contributed by atoms with E-state index in [4.69, 9.17) is 5.11 Å². The summed E-state index contributed by atoms with van der Waals surface area (Å²) >= 11 is 0. The van der Waals surface area contributed by atoms with Crippen LogP contribution in [-0.4, -0.2) is 22.5 Å². The van der Waals surface area contributed by atoms with Gasteiger partial charge in [0.25, 0.3) is 0 Å². The van der Waals surface area contributed by atoms with Crippen molar-refractivity contribution < 1.29 is 9.90 Å². The molecule has 0 radical (unpaired) electrons. The zero-order chi connectivity index (χ0) is 14.9. The van der Waals surface area contributed by atoms with Gasteiger partial charge in [0.15, 0.2) is 0 Å². The Morgan fingerprint density at radius 3 is 1.73 bits per heavy atom. The van der Waals surface area contributed by atoms with E-state index in [1.165, 1.54) is 11.1 Å². The molecule has 2 rings (SSSR count). The molecule has 2 aromatic carbocycles. The summed E-state index contributed by atoms with van der Waals surface area (Å²) in [7, 11) is 0. The molecular formula is C18H22ClNO2. The van der Waals surface area contributed by atoms with Crippen LogP contribution >= 0.6 is 12.4 Å². The maximum absolute atomic E-state index is 10.7. The number of halogens is 1. The van der Waals surface area contributed by atoms with Gasteiger partial charge in [-0.1, -0.05) is 60.7 Å². The van der Waals surface area contributed by atoms with Crippen molar-refractivity contribution in [2.75, 3.05) is 6.54 Å². The van der Waals surface area contributed by atoms with E-state index in [9.17, 15) is 4.79 Å². The lowest BCUT2D eigenvalue weighted by Crippen LogP contribution is -2.24. The molecule has 0 bridgehead atoms. The topological polar surface area (TPSA) is 40.5 Å². The minimum Gasteiger partial charge on any atom is -0.481 e. The maximum atomic E-state index is 10.7. The first-order chi connectivity index (χ1) is 10.2. The molecule has 4 heteroatoms. The van der Waals surface area contributed by atoms with Gasteiger partial charge in [-0.05, 0) is 24.1 Å². The first-order valence-corrected chi connectivity index (χ1v) is 7.26. The first kappa shape index (κ1) is 18.2. The normalized spacial score (nSPS) is 10.2. The van der Waals surface area contributed by atoms with Crippen molar-refractivity contribution in [2.24, 2.45) is 0 Å². The zero-order valence-electron chi connectivity index (χ0n) is 12.5. The lowest BCUT2D eigenvalue weighted by molar-refractivity contribution is -0.137. The first-order valence-electron chi connectivity index (χ1n) is 7.26. The monoisotopic (exact) mass is 319 g/mol. The van der Waals surface area contributed by atoms with Gasteiger partial charge in [-0.2, -0.15) is 0 Å². The molecule has 0 unspecified atom stereocenters. The van der Waals surface area contributed by atoms with Crippen molar-refractivity contribution in [3.05, 3.63) is 71.8 Å². The van der Waals surface area contributed by atoms with E-state index >= 15 is 0 Å². The lowest BCUT2D eigenvalue weighted by atomic mass is 10.1. The van der Waals surface area contributed by atoms with E-state index in [1.54, 1.807) is 0 Å². The highest BCUT2D eigenvalue weighted by Crippen LogP contribution is 2.11. The van der Waals surface area contributed by atoms with Gasteiger partial charge < -0.3 is 5.11 Å². The van der Waals surface area contributed by atoms with Gasteiger partial charge in [0.05, 0.1) is 0 Å². The number of rotatable bonds is 8. The average Bonchev–Trinajstić information content (AvgIpc) is 2.49. The molecule has 0 aliphatic rings. The predicted molar refractivity (Wildman–Crippen MR) is 91.1 cm³/mol. The number of carbonyl (C=O) groups is 1. The van der Waals surface area contributed by atoms with Gasteiger partial charge in [-0.3, -0.25) is 9.69 Å². The van der Waals surface area contributed by atoms with Crippen molar-refractivity contribution in [3.8, 4) is 0 Å². The Kier molecular flexibility index (Phi) is 8.26. The van der Waals surface area contributed by atoms with E-state index in [1.807, 2.05) is 36.4 Å². The zero-order valence-corrected chi connectivity index (χ0v) is 13.3. The molecule has 118 valence electrons. The van der Waals surface area contributed by atoms with Crippen molar-refractivity contribution in [3.63, 3.8) is 0 Å². The number of hydrogen-bond donors (Lipinski definition) is 1. The molecule has 0 aliphatic carbocycles. The third kappa shape index (κ3) is 6.74. The Hall–Kier alpha value is -1.84. The predicted octanol–water partition coefficient (Wildman–Crippen LogP) is 3.98. The summed E-state index contributed by atoms with van der Waals surface area (Å²) in [6, 6.07) is 20.6. The second-order valence-electron chi connectivity index (χ2n) is 5.18. The number of nitrogens with zero attached hydrogens (tertiary/aromatic N) is 1. The van der Waals surface area contributed by atoms with Crippen molar-refractivity contribution in [1.29, 1.82) is 0 Å². The summed E-state index contributed by atoms with van der Waals surface area (Å²) in [5.41, 5.74) is 2.51. The quantitative estimate of drug-likeness (QED) is 0.800. The Balaban J connectivity index is 0.00000242. The fourth-order valence-corrected chi connectivity index (χ4v) is 2.35. The molecule has 0 aliphatic heterocycles. The molecule has 3 nitrogen and oxygen atoms in total. The van der Waals surface area contributed by atoms with Crippen LogP contribution in [0, 0.1) is 0 Å². The molecule has 0 spiro atoms. The van der Waals surface area contributed by atoms with Gasteiger partial charge in [-0.15, -0.1) is 12.4 Å². The fraction of sp³-hybridized carbons (Fsp3) is 0.278. The number of aliphatic carboxylic acids is 1. The summed E-state index contributed by atoms with van der Waals surface area (Å²) in [5, 5.41) is 8.79. The number of carboxylic acids is 1. The molecule has 22 heavy (non-hydrogen) atoms. The van der Waals surface area contributed by atoms with Crippen LogP contribution in [0.15, 0.2) is 60.7 Å². The molecular weight excluding hydrogens is 298 g/mol. The largest absolute Gasteiger partial charge is 0.481 e. The molecule has 0 saturated carbocycles. The second kappa shape index (κ2) is 9.98. The Labute approximate surface area is 138 Å². The highest BCUT2D eigenvalue weighted by molar-refractivity contribution is 5.85. The highest BCUT2D eigenvalue weighted by Gasteiger charge is 2.08. The van der Waals surface area contributed by atoms with Gasteiger partial charge in [-0.25, -0.2) is 0 Å². The van der Waals surface area contributed by atoms with Crippen LogP contribution < -0.4 is 0 Å². The van der Waals surface area contributed by atoms with Gasteiger partial charge >= 0.3 is 5.97 Å². The van der Waals surface area contributed by atoms with E-state index in [0.717, 1.165) is 19.6 Å². The molecule has 1 N–H and O–H groups in total. The number of carboxylic acid groups (broad SMARTS) is 1. The third-order valence-corrected chi connectivity index (χ3v) is 3.36. The van der Waals surface area contributed by atoms with E-state index in [-0.39, 0.29) is 18.8 Å². The van der Waals surface area contributed by atoms with Crippen LogP contribution in [0.1, 0.15) is 24.0 Å². The van der Waals surface area contributed by atoms with Crippen molar-refractivity contribution in [2.45, 2.75) is 25.9 Å². The van der Waals surface area contributed by atoms with Crippen LogP contribution in [0.2, 0.25) is 0 Å². The summed E-state index contributed by atoms with van der Waals surface area (Å²) in [6.45, 7) is 2.47. The maximum Gasteiger partial charge on any atom is 0.303 e. The summed E-state index contributed by atoms with van der Waals surface area (Å²) in [4.78, 5) is 13.0. The van der Waals surface area contributed by atoms with Gasteiger partial charge in [0.1, 0.15) is 0 Å². The molecule has 0 aromatic heterocycles. The molecule has 0 amide bonds. The second-order valence-corrected chi connectivity index (χ2v) is 5.18. The van der Waals surface area contributed by atoms with Gasteiger partial charge in [0.2, 0.25) is 0 Å². The van der Waals surface area contributed by atoms with Crippen LogP contribution in [0.5, 0.6) is 0 Å². The summed E-state index contributed by atoms with van der Waals surface area (Å²) in [5.74, 6) is -0.727. The van der Waals surface area contributed by atoms with E-state index < -0.39 is 5.97 Å². The fourth-order valence-electron chi connectivity index (χ4n) is 2.35. The van der Waals surface area contributed by atoms with Crippen LogP contribution in [0.4, 0.5) is 0 Å². The lowest BCUT2D eigenvalue weighted by Gasteiger charge is -2.22. The summed E-state index contributed by atoms with van der Waals surface area (Å²) < 4.78 is 0. The highest BCUT2D eigenvalue weighted by atomic mass is 35.5. The standard InChI is InChI=1S/C18H21NO2.ClH/c20-18(21)12-7-13-19(14-16-8-3-1-4-9-16)15-17-10-5-2-6-11-17;/h1-6,8-11H,7,12-15H2,(H,20,21);1H. The minimum absolute atomic E-state index is 0. The van der Waals surface area contributed by atoms with Crippen molar-refractivity contribution >= 4 is 18.4 Å². The smallest absolute Gasteiger partial charge is 0.303 e. The Bertz CT molecular complexity index is 504. The minimum atomic E-state index is -0.727. The van der Waals surface area contributed by atoms with Crippen LogP contribution in [0.3, 0.4) is 0 Å². The number of benzene rings is 2. The summed E-state index contributed by atoms with van der Waals surface area (Å²) in [6.07, 6.45) is 0.898. The Morgan fingerprint density at radius 2 is 1.32 bits per heavy atom. The number of hydrogen-bond acceptors (Lipinski definition) is 2. The van der Waals surface area contributed by atoms with Crippen LogP contribution in [-0.2, 0) is 17.9 Å². The van der Waals surface area contributed by atoms with Crippen LogP contribution in [0.25, 0.3) is 0 Å². The molecule has 2 aromatic rings. The molecule has 0 heterocycles. The third-order valence-electron chi connectivity index (χ3n) is 3.36. The van der Waals surface area contributed by atoms with E-state index in [2.05, 4.69) is 29.2 Å². The average molecular weight is 320 g/mol. The molecule has 0 atom stereocenters.